The number of rotatable bonds is 8. The van der Waals surface area contributed by atoms with Crippen molar-refractivity contribution in [2.75, 3.05) is 6.61 Å². The normalized spacial score (nSPS) is 12.0. The van der Waals surface area contributed by atoms with Crippen molar-refractivity contribution in [1.29, 1.82) is 0 Å². The number of benzene rings is 3. The van der Waals surface area contributed by atoms with Gasteiger partial charge in [-0.25, -0.2) is 0 Å². The Balaban J connectivity index is 1.89. The van der Waals surface area contributed by atoms with Gasteiger partial charge in [0.25, 0.3) is 0 Å². The Labute approximate surface area is 226 Å². The smallest absolute Gasteiger partial charge is 0.332 e. The van der Waals surface area contributed by atoms with E-state index < -0.39 is 15.1 Å². The Morgan fingerprint density at radius 1 is 1.10 bits per heavy atom. The highest BCUT2D eigenvalue weighted by molar-refractivity contribution is 7.86. The van der Waals surface area contributed by atoms with Crippen LogP contribution in [0.3, 0.4) is 0 Å². The van der Waals surface area contributed by atoms with Crippen LogP contribution in [0.15, 0.2) is 64.3 Å². The SMILES string of the molecule is C#Cc1ccc2c(c1)[nH]c1c2c(=O)c2cc(OCC(C)C)c(-c3cccc(S(=O)(=O)F)c3)cc2n1CCCC. The number of aryl methyl sites for hydroxylation is 1. The number of aromatic nitrogens is 2. The summed E-state index contributed by atoms with van der Waals surface area (Å²) in [4.78, 5) is 17.0. The maximum absolute atomic E-state index is 14.0. The van der Waals surface area contributed by atoms with Gasteiger partial charge >= 0.3 is 10.2 Å². The van der Waals surface area contributed by atoms with Gasteiger partial charge < -0.3 is 14.3 Å². The number of ether oxygens (including phenoxy) is 1. The summed E-state index contributed by atoms with van der Waals surface area (Å²) in [5, 5.41) is 1.85. The molecule has 0 saturated heterocycles. The number of hydrogen-bond acceptors (Lipinski definition) is 4. The summed E-state index contributed by atoms with van der Waals surface area (Å²) in [7, 11) is -4.91. The Morgan fingerprint density at radius 2 is 1.90 bits per heavy atom. The summed E-state index contributed by atoms with van der Waals surface area (Å²) in [5.74, 6) is 3.27. The molecule has 0 spiro atoms. The van der Waals surface area contributed by atoms with Gasteiger partial charge in [0.2, 0.25) is 0 Å². The molecule has 2 heterocycles. The van der Waals surface area contributed by atoms with E-state index in [1.807, 2.05) is 38.1 Å². The van der Waals surface area contributed by atoms with E-state index in [9.17, 15) is 17.1 Å². The minimum absolute atomic E-state index is 0.145. The van der Waals surface area contributed by atoms with Crippen LogP contribution >= 0.6 is 0 Å². The summed E-state index contributed by atoms with van der Waals surface area (Å²) in [6, 6.07) is 14.8. The van der Waals surface area contributed by atoms with E-state index in [0.717, 1.165) is 23.7 Å². The zero-order chi connectivity index (χ0) is 27.9. The summed E-state index contributed by atoms with van der Waals surface area (Å²) in [5.41, 5.74) is 3.74. The molecule has 200 valence electrons. The second-order valence-corrected chi connectivity index (χ2v) is 11.5. The average molecular weight is 545 g/mol. The molecule has 0 aliphatic carbocycles. The molecule has 0 atom stereocenters. The lowest BCUT2D eigenvalue weighted by molar-refractivity contribution is 0.272. The molecule has 0 radical (unpaired) electrons. The van der Waals surface area contributed by atoms with Crippen molar-refractivity contribution in [3.63, 3.8) is 0 Å². The van der Waals surface area contributed by atoms with Gasteiger partial charge in [-0.3, -0.25) is 4.79 Å². The third-order valence-electron chi connectivity index (χ3n) is 6.81. The first-order chi connectivity index (χ1) is 18.6. The van der Waals surface area contributed by atoms with Gasteiger partial charge in [0.1, 0.15) is 11.4 Å². The van der Waals surface area contributed by atoms with Crippen LogP contribution in [0, 0.1) is 18.3 Å². The minimum atomic E-state index is -4.91. The molecule has 6 nitrogen and oxygen atoms in total. The first-order valence-corrected chi connectivity index (χ1v) is 14.3. The zero-order valence-corrected chi connectivity index (χ0v) is 22.9. The molecule has 3 aromatic carbocycles. The minimum Gasteiger partial charge on any atom is -0.493 e. The summed E-state index contributed by atoms with van der Waals surface area (Å²) in [6.07, 6.45) is 7.42. The number of H-pyrrole nitrogens is 1. The molecule has 0 saturated carbocycles. The van der Waals surface area contributed by atoms with Crippen molar-refractivity contribution < 1.29 is 17.0 Å². The van der Waals surface area contributed by atoms with E-state index in [1.165, 1.54) is 18.2 Å². The van der Waals surface area contributed by atoms with E-state index in [2.05, 4.69) is 22.4 Å². The molecule has 0 aliphatic heterocycles. The van der Waals surface area contributed by atoms with Crippen molar-refractivity contribution in [3.05, 3.63) is 70.4 Å². The fourth-order valence-corrected chi connectivity index (χ4v) is 5.41. The Morgan fingerprint density at radius 3 is 2.59 bits per heavy atom. The molecule has 0 aliphatic rings. The summed E-state index contributed by atoms with van der Waals surface area (Å²) < 4.78 is 45.4. The highest BCUT2D eigenvalue weighted by atomic mass is 32.3. The second-order valence-electron chi connectivity index (χ2n) is 10.1. The average Bonchev–Trinajstić information content (AvgIpc) is 3.30. The number of pyridine rings is 1. The predicted molar refractivity (Wildman–Crippen MR) is 154 cm³/mol. The van der Waals surface area contributed by atoms with E-state index in [0.29, 0.717) is 57.5 Å². The Bertz CT molecular complexity index is 1950. The van der Waals surface area contributed by atoms with Crippen LogP contribution in [0.2, 0.25) is 0 Å². The molecule has 39 heavy (non-hydrogen) atoms. The van der Waals surface area contributed by atoms with Crippen LogP contribution in [0.25, 0.3) is 44.0 Å². The van der Waals surface area contributed by atoms with E-state index in [-0.39, 0.29) is 11.3 Å². The number of nitrogens with one attached hydrogen (secondary N) is 1. The van der Waals surface area contributed by atoms with Gasteiger partial charge in [-0.05, 0) is 54.3 Å². The number of aromatic amines is 1. The highest BCUT2D eigenvalue weighted by Gasteiger charge is 2.21. The third kappa shape index (κ3) is 4.90. The van der Waals surface area contributed by atoms with Crippen LogP contribution < -0.4 is 10.2 Å². The first kappa shape index (κ1) is 26.5. The van der Waals surface area contributed by atoms with Crippen molar-refractivity contribution in [2.45, 2.75) is 45.1 Å². The molecular formula is C31H29FN2O4S. The summed E-state index contributed by atoms with van der Waals surface area (Å²) >= 11 is 0. The van der Waals surface area contributed by atoms with Crippen LogP contribution in [0.4, 0.5) is 3.89 Å². The van der Waals surface area contributed by atoms with Crippen molar-refractivity contribution in [1.82, 2.24) is 9.55 Å². The molecule has 5 rings (SSSR count). The molecule has 0 bridgehead atoms. The second kappa shape index (κ2) is 10.2. The number of nitrogens with zero attached hydrogens (tertiary/aromatic N) is 1. The summed E-state index contributed by atoms with van der Waals surface area (Å²) in [6.45, 7) is 7.14. The largest absolute Gasteiger partial charge is 0.493 e. The van der Waals surface area contributed by atoms with Gasteiger partial charge in [-0.1, -0.05) is 51.3 Å². The van der Waals surface area contributed by atoms with Gasteiger partial charge in [-0.15, -0.1) is 10.3 Å². The van der Waals surface area contributed by atoms with Gasteiger partial charge in [0, 0.05) is 28.6 Å². The van der Waals surface area contributed by atoms with Crippen LogP contribution in [-0.4, -0.2) is 24.6 Å². The lowest BCUT2D eigenvalue weighted by atomic mass is 10.0. The predicted octanol–water partition coefficient (Wildman–Crippen LogP) is 6.78. The van der Waals surface area contributed by atoms with Crippen LogP contribution in [0.1, 0.15) is 39.2 Å². The molecule has 0 amide bonds. The van der Waals surface area contributed by atoms with Crippen molar-refractivity contribution in [2.24, 2.45) is 5.92 Å². The lowest BCUT2D eigenvalue weighted by Crippen LogP contribution is -2.13. The van der Waals surface area contributed by atoms with Crippen LogP contribution in [0.5, 0.6) is 5.75 Å². The number of terminal acetylenes is 1. The molecule has 5 aromatic rings. The number of hydrogen-bond donors (Lipinski definition) is 1. The molecule has 0 unspecified atom stereocenters. The highest BCUT2D eigenvalue weighted by Crippen LogP contribution is 2.37. The van der Waals surface area contributed by atoms with E-state index >= 15 is 0 Å². The molecule has 1 N–H and O–H groups in total. The van der Waals surface area contributed by atoms with Gasteiger partial charge in [-0.2, -0.15) is 8.42 Å². The van der Waals surface area contributed by atoms with Gasteiger partial charge in [0.15, 0.2) is 5.43 Å². The fraction of sp³-hybridized carbons (Fsp3) is 0.258. The van der Waals surface area contributed by atoms with Crippen molar-refractivity contribution >= 4 is 43.1 Å². The molecule has 0 fully saturated rings. The van der Waals surface area contributed by atoms with Crippen molar-refractivity contribution in [3.8, 4) is 29.2 Å². The first-order valence-electron chi connectivity index (χ1n) is 12.9. The number of fused-ring (bicyclic) bond motifs is 4. The fourth-order valence-electron chi connectivity index (χ4n) is 4.90. The standard InChI is InChI=1S/C31H29FN2O4S/c1-5-7-13-34-27-16-24(21-9-8-10-22(15-21)39(32,36)37)28(38-18-19(3)4)17-25(27)30(35)29-23-12-11-20(6-2)14-26(23)33-31(29)34/h2,8-12,14-17,19,33H,5,7,13,18H2,1,3-4H3. The Hall–Kier alpha value is -4.09. The molecule has 2 aromatic heterocycles. The Kier molecular flexibility index (Phi) is 6.96. The topological polar surface area (TPSA) is 81.2 Å². The monoisotopic (exact) mass is 544 g/mol. The molecular weight excluding hydrogens is 515 g/mol. The van der Waals surface area contributed by atoms with E-state index in [1.54, 1.807) is 12.1 Å². The van der Waals surface area contributed by atoms with E-state index in [4.69, 9.17) is 11.2 Å². The lowest BCUT2D eigenvalue weighted by Gasteiger charge is -2.18. The maximum Gasteiger partial charge on any atom is 0.332 e. The maximum atomic E-state index is 14.0. The third-order valence-corrected chi connectivity index (χ3v) is 7.63. The number of unbranched alkanes of at least 4 members (excludes halogenated alkanes) is 1. The molecule has 8 heteroatoms. The zero-order valence-electron chi connectivity index (χ0n) is 22.0. The van der Waals surface area contributed by atoms with Crippen LogP contribution in [-0.2, 0) is 16.8 Å². The number of halogens is 1. The van der Waals surface area contributed by atoms with Gasteiger partial charge in [0.05, 0.1) is 27.8 Å². The quantitative estimate of drug-likeness (QED) is 0.173.